The number of hydrogen-bond acceptors (Lipinski definition) is 3. The molecule has 0 amide bonds. The van der Waals surface area contributed by atoms with E-state index in [0.717, 1.165) is 10.0 Å². The predicted octanol–water partition coefficient (Wildman–Crippen LogP) is 2.99. The summed E-state index contributed by atoms with van der Waals surface area (Å²) in [5.41, 5.74) is 7.00. The highest BCUT2D eigenvalue weighted by Crippen LogP contribution is 2.22. The van der Waals surface area contributed by atoms with E-state index in [4.69, 9.17) is 5.73 Å². The maximum absolute atomic E-state index is 11.9. The minimum absolute atomic E-state index is 0.0700. The monoisotopic (exact) mass is 319 g/mol. The SMILES string of the molecule is CC(C)CCS(=O)(=O)Cc1ccc(N)cc1Br. The summed E-state index contributed by atoms with van der Waals surface area (Å²) in [6, 6.07) is 5.21. The van der Waals surface area contributed by atoms with Crippen LogP contribution in [0.1, 0.15) is 25.8 Å². The summed E-state index contributed by atoms with van der Waals surface area (Å²) >= 11 is 3.34. The third kappa shape index (κ3) is 5.08. The topological polar surface area (TPSA) is 60.2 Å². The van der Waals surface area contributed by atoms with Gasteiger partial charge in [0, 0.05) is 10.2 Å². The van der Waals surface area contributed by atoms with Crippen molar-refractivity contribution in [3.63, 3.8) is 0 Å². The van der Waals surface area contributed by atoms with Crippen molar-refractivity contribution in [3.8, 4) is 0 Å². The average Bonchev–Trinajstić information content (AvgIpc) is 2.20. The zero-order chi connectivity index (χ0) is 13.1. The van der Waals surface area contributed by atoms with Crippen LogP contribution in [0, 0.1) is 5.92 Å². The smallest absolute Gasteiger partial charge is 0.154 e. The summed E-state index contributed by atoms with van der Waals surface area (Å²) in [5.74, 6) is 0.710. The number of halogens is 1. The third-order valence-electron chi connectivity index (χ3n) is 2.46. The molecule has 0 aromatic heterocycles. The zero-order valence-electron chi connectivity index (χ0n) is 10.1. The molecule has 0 heterocycles. The van der Waals surface area contributed by atoms with Gasteiger partial charge in [0.25, 0.3) is 0 Å². The van der Waals surface area contributed by atoms with Crippen molar-refractivity contribution < 1.29 is 8.42 Å². The van der Waals surface area contributed by atoms with Crippen LogP contribution in [0.25, 0.3) is 0 Å². The highest BCUT2D eigenvalue weighted by molar-refractivity contribution is 9.10. The van der Waals surface area contributed by atoms with Gasteiger partial charge in [-0.2, -0.15) is 0 Å². The summed E-state index contributed by atoms with van der Waals surface area (Å²) in [6.45, 7) is 4.04. The van der Waals surface area contributed by atoms with Crippen LogP contribution < -0.4 is 5.73 Å². The van der Waals surface area contributed by atoms with Crippen molar-refractivity contribution in [1.29, 1.82) is 0 Å². The van der Waals surface area contributed by atoms with E-state index in [1.165, 1.54) is 0 Å². The molecule has 0 fully saturated rings. The van der Waals surface area contributed by atoms with Crippen LogP contribution in [0.3, 0.4) is 0 Å². The first-order chi connectivity index (χ1) is 7.80. The summed E-state index contributed by atoms with van der Waals surface area (Å²) in [7, 11) is -3.04. The molecule has 3 nitrogen and oxygen atoms in total. The van der Waals surface area contributed by atoms with Gasteiger partial charge in [-0.15, -0.1) is 0 Å². The van der Waals surface area contributed by atoms with Gasteiger partial charge in [0.1, 0.15) is 0 Å². The van der Waals surface area contributed by atoms with Crippen molar-refractivity contribution in [2.24, 2.45) is 5.92 Å². The molecule has 5 heteroatoms. The minimum Gasteiger partial charge on any atom is -0.399 e. The standard InChI is InChI=1S/C12H18BrNO2S/c1-9(2)5-6-17(15,16)8-10-3-4-11(14)7-12(10)13/h3-4,7,9H,5-6,8,14H2,1-2H3. The van der Waals surface area contributed by atoms with E-state index >= 15 is 0 Å². The maximum atomic E-state index is 11.9. The molecule has 0 radical (unpaired) electrons. The molecule has 1 aromatic rings. The molecule has 1 aromatic carbocycles. The molecule has 96 valence electrons. The van der Waals surface area contributed by atoms with E-state index in [1.807, 2.05) is 13.8 Å². The van der Waals surface area contributed by atoms with E-state index in [9.17, 15) is 8.42 Å². The summed E-state index contributed by atoms with van der Waals surface area (Å²) in [6.07, 6.45) is 0.703. The van der Waals surface area contributed by atoms with Gasteiger partial charge in [0.2, 0.25) is 0 Å². The quantitative estimate of drug-likeness (QED) is 0.849. The second-order valence-corrected chi connectivity index (χ2v) is 7.66. The fourth-order valence-electron chi connectivity index (χ4n) is 1.40. The largest absolute Gasteiger partial charge is 0.399 e. The summed E-state index contributed by atoms with van der Waals surface area (Å²) < 4.78 is 24.5. The number of anilines is 1. The molecule has 17 heavy (non-hydrogen) atoms. The van der Waals surface area contributed by atoms with Crippen LogP contribution >= 0.6 is 15.9 Å². The second kappa shape index (κ2) is 5.87. The lowest BCUT2D eigenvalue weighted by Crippen LogP contribution is -2.11. The Hall–Kier alpha value is -0.550. The molecule has 0 spiro atoms. The number of benzene rings is 1. The molecule has 0 unspecified atom stereocenters. The lowest BCUT2D eigenvalue weighted by molar-refractivity contribution is 0.573. The van der Waals surface area contributed by atoms with E-state index in [0.29, 0.717) is 18.0 Å². The first-order valence-electron chi connectivity index (χ1n) is 5.54. The first-order valence-corrected chi connectivity index (χ1v) is 8.16. The molecule has 0 aliphatic heterocycles. The van der Waals surface area contributed by atoms with Crippen LogP contribution in [-0.2, 0) is 15.6 Å². The van der Waals surface area contributed by atoms with Crippen molar-refractivity contribution in [3.05, 3.63) is 28.2 Å². The Morgan fingerprint density at radius 2 is 2.00 bits per heavy atom. The molecular formula is C12H18BrNO2S. The van der Waals surface area contributed by atoms with Crippen LogP contribution in [0.15, 0.2) is 22.7 Å². The van der Waals surface area contributed by atoms with Gasteiger partial charge in [-0.1, -0.05) is 35.8 Å². The van der Waals surface area contributed by atoms with Crippen LogP contribution in [0.2, 0.25) is 0 Å². The lowest BCUT2D eigenvalue weighted by Gasteiger charge is -2.08. The highest BCUT2D eigenvalue weighted by atomic mass is 79.9. The highest BCUT2D eigenvalue weighted by Gasteiger charge is 2.14. The molecule has 0 bridgehead atoms. The normalized spacial score (nSPS) is 12.0. The molecule has 0 atom stereocenters. The fraction of sp³-hybridized carbons (Fsp3) is 0.500. The van der Waals surface area contributed by atoms with Crippen molar-refractivity contribution in [1.82, 2.24) is 0 Å². The molecule has 1 rings (SSSR count). The number of hydrogen-bond donors (Lipinski definition) is 1. The number of nitrogen functional groups attached to an aromatic ring is 1. The third-order valence-corrected chi connectivity index (χ3v) is 4.81. The van der Waals surface area contributed by atoms with Crippen LogP contribution in [0.5, 0.6) is 0 Å². The Labute approximate surface area is 111 Å². The Morgan fingerprint density at radius 1 is 1.35 bits per heavy atom. The van der Waals surface area contributed by atoms with Gasteiger partial charge in [-0.25, -0.2) is 8.42 Å². The van der Waals surface area contributed by atoms with Crippen LogP contribution in [-0.4, -0.2) is 14.2 Å². The molecule has 0 saturated heterocycles. The second-order valence-electron chi connectivity index (χ2n) is 4.63. The van der Waals surface area contributed by atoms with Gasteiger partial charge in [-0.3, -0.25) is 0 Å². The Bertz CT molecular complexity index is 483. The molecule has 2 N–H and O–H groups in total. The number of sulfone groups is 1. The van der Waals surface area contributed by atoms with E-state index in [2.05, 4.69) is 15.9 Å². The summed E-state index contributed by atoms with van der Waals surface area (Å²) in [5, 5.41) is 0. The molecule has 0 saturated carbocycles. The van der Waals surface area contributed by atoms with Gasteiger partial charge in [0.15, 0.2) is 9.84 Å². The molecule has 0 aliphatic rings. The van der Waals surface area contributed by atoms with Crippen molar-refractivity contribution in [2.75, 3.05) is 11.5 Å². The summed E-state index contributed by atoms with van der Waals surface area (Å²) in [4.78, 5) is 0. The maximum Gasteiger partial charge on any atom is 0.154 e. The minimum atomic E-state index is -3.04. The van der Waals surface area contributed by atoms with E-state index in [-0.39, 0.29) is 11.5 Å². The zero-order valence-corrected chi connectivity index (χ0v) is 12.5. The molecular weight excluding hydrogens is 302 g/mol. The Morgan fingerprint density at radius 3 is 2.53 bits per heavy atom. The number of rotatable bonds is 5. The Balaban J connectivity index is 2.76. The fourth-order valence-corrected chi connectivity index (χ4v) is 3.83. The predicted molar refractivity (Wildman–Crippen MR) is 75.5 cm³/mol. The number of nitrogens with two attached hydrogens (primary N) is 1. The van der Waals surface area contributed by atoms with Gasteiger partial charge in [-0.05, 0) is 30.0 Å². The lowest BCUT2D eigenvalue weighted by atomic mass is 10.2. The van der Waals surface area contributed by atoms with E-state index < -0.39 is 9.84 Å². The van der Waals surface area contributed by atoms with E-state index in [1.54, 1.807) is 18.2 Å². The van der Waals surface area contributed by atoms with Gasteiger partial charge >= 0.3 is 0 Å². The van der Waals surface area contributed by atoms with Crippen LogP contribution in [0.4, 0.5) is 5.69 Å². The van der Waals surface area contributed by atoms with Crippen molar-refractivity contribution in [2.45, 2.75) is 26.0 Å². The van der Waals surface area contributed by atoms with Gasteiger partial charge in [0.05, 0.1) is 11.5 Å². The Kier molecular flexibility index (Phi) is 5.01. The van der Waals surface area contributed by atoms with Gasteiger partial charge < -0.3 is 5.73 Å². The average molecular weight is 320 g/mol. The van der Waals surface area contributed by atoms with Crippen molar-refractivity contribution >= 4 is 31.5 Å². The molecule has 0 aliphatic carbocycles. The first kappa shape index (κ1) is 14.5.